The van der Waals surface area contributed by atoms with Crippen LogP contribution < -0.4 is 0 Å². The lowest BCUT2D eigenvalue weighted by atomic mass is 9.96. The highest BCUT2D eigenvalue weighted by molar-refractivity contribution is 5.74. The van der Waals surface area contributed by atoms with Gasteiger partial charge in [-0.25, -0.2) is 4.98 Å². The molecule has 1 aromatic heterocycles. The van der Waals surface area contributed by atoms with Crippen LogP contribution in [0.15, 0.2) is 28.8 Å². The molecule has 0 aliphatic heterocycles. The van der Waals surface area contributed by atoms with E-state index in [1.807, 2.05) is 6.20 Å². The normalized spacial score (nSPS) is 23.2. The van der Waals surface area contributed by atoms with Gasteiger partial charge in [0.2, 0.25) is 0 Å². The molecule has 0 aromatic carbocycles. The van der Waals surface area contributed by atoms with Crippen LogP contribution in [0.1, 0.15) is 44.3 Å². The van der Waals surface area contributed by atoms with Crippen LogP contribution in [0.4, 0.5) is 0 Å². The molecule has 78 valence electrons. The van der Waals surface area contributed by atoms with E-state index in [9.17, 15) is 0 Å². The van der Waals surface area contributed by atoms with E-state index in [0.717, 1.165) is 11.7 Å². The van der Waals surface area contributed by atoms with Gasteiger partial charge in [-0.15, -0.1) is 0 Å². The van der Waals surface area contributed by atoms with Crippen molar-refractivity contribution >= 4 is 5.57 Å². The molecular formula is C13H15NO. The maximum atomic E-state index is 5.75. The van der Waals surface area contributed by atoms with E-state index < -0.39 is 0 Å². The molecule has 0 saturated heterocycles. The Morgan fingerprint density at radius 3 is 2.80 bits per heavy atom. The third-order valence-corrected chi connectivity index (χ3v) is 2.95. The third-order valence-electron chi connectivity index (χ3n) is 2.95. The Morgan fingerprint density at radius 2 is 2.20 bits per heavy atom. The Morgan fingerprint density at radius 1 is 1.40 bits per heavy atom. The van der Waals surface area contributed by atoms with E-state index in [4.69, 9.17) is 4.42 Å². The van der Waals surface area contributed by atoms with Crippen LogP contribution in [0.3, 0.4) is 0 Å². The summed E-state index contributed by atoms with van der Waals surface area (Å²) in [6.45, 7) is 4.38. The van der Waals surface area contributed by atoms with Crippen molar-refractivity contribution in [1.82, 2.24) is 4.98 Å². The van der Waals surface area contributed by atoms with E-state index in [1.54, 1.807) is 0 Å². The molecule has 2 nitrogen and oxygen atoms in total. The van der Waals surface area contributed by atoms with Gasteiger partial charge in [0, 0.05) is 16.9 Å². The van der Waals surface area contributed by atoms with Gasteiger partial charge in [-0.2, -0.15) is 0 Å². The second kappa shape index (κ2) is 2.84. The largest absolute Gasteiger partial charge is 0.440 e. The van der Waals surface area contributed by atoms with Crippen LogP contribution in [0, 0.1) is 5.41 Å². The molecule has 0 N–H and O–H groups in total. The lowest BCUT2D eigenvalue weighted by Gasteiger charge is -2.08. The van der Waals surface area contributed by atoms with Crippen molar-refractivity contribution in [3.8, 4) is 0 Å². The van der Waals surface area contributed by atoms with Gasteiger partial charge in [-0.3, -0.25) is 0 Å². The topological polar surface area (TPSA) is 26.0 Å². The molecule has 2 heteroatoms. The standard InChI is InChI=1S/C13H15NO/c1-13(2)6-5-10(7-13)11-8-14-12(15-11)9-3-4-9/h5-9H,3-4H2,1-2H3. The van der Waals surface area contributed by atoms with Crippen LogP contribution in [0.5, 0.6) is 0 Å². The summed E-state index contributed by atoms with van der Waals surface area (Å²) in [4.78, 5) is 4.33. The Bertz CT molecular complexity index is 447. The average Bonchev–Trinajstić information content (AvgIpc) is 2.79. The molecular weight excluding hydrogens is 186 g/mol. The first-order valence-electron chi connectivity index (χ1n) is 5.52. The van der Waals surface area contributed by atoms with E-state index in [1.165, 1.54) is 18.4 Å². The number of nitrogens with zero attached hydrogens (tertiary/aromatic N) is 1. The van der Waals surface area contributed by atoms with Crippen LogP contribution in [0.25, 0.3) is 5.57 Å². The molecule has 0 amide bonds. The van der Waals surface area contributed by atoms with Crippen molar-refractivity contribution < 1.29 is 4.42 Å². The predicted molar refractivity (Wildman–Crippen MR) is 59.4 cm³/mol. The molecule has 1 saturated carbocycles. The smallest absolute Gasteiger partial charge is 0.198 e. The quantitative estimate of drug-likeness (QED) is 0.731. The summed E-state index contributed by atoms with van der Waals surface area (Å²) in [5.74, 6) is 2.43. The monoisotopic (exact) mass is 201 g/mol. The summed E-state index contributed by atoms with van der Waals surface area (Å²) in [5, 5.41) is 0. The highest BCUT2D eigenvalue weighted by Crippen LogP contribution is 2.41. The lowest BCUT2D eigenvalue weighted by Crippen LogP contribution is -1.97. The van der Waals surface area contributed by atoms with Crippen molar-refractivity contribution in [3.63, 3.8) is 0 Å². The molecule has 0 spiro atoms. The fraction of sp³-hybridized carbons (Fsp3) is 0.462. The molecule has 1 heterocycles. The van der Waals surface area contributed by atoms with Crippen molar-refractivity contribution in [2.75, 3.05) is 0 Å². The summed E-state index contributed by atoms with van der Waals surface area (Å²) in [7, 11) is 0. The molecule has 2 aliphatic rings. The maximum Gasteiger partial charge on any atom is 0.198 e. The van der Waals surface area contributed by atoms with E-state index in [-0.39, 0.29) is 5.41 Å². The Kier molecular flexibility index (Phi) is 1.70. The van der Waals surface area contributed by atoms with Gasteiger partial charge in [-0.05, 0) is 12.8 Å². The highest BCUT2D eigenvalue weighted by Gasteiger charge is 2.29. The maximum absolute atomic E-state index is 5.75. The van der Waals surface area contributed by atoms with E-state index in [0.29, 0.717) is 5.92 Å². The van der Waals surface area contributed by atoms with Gasteiger partial charge in [0.05, 0.1) is 6.20 Å². The number of hydrogen-bond donors (Lipinski definition) is 0. The lowest BCUT2D eigenvalue weighted by molar-refractivity contribution is 0.487. The first kappa shape index (κ1) is 8.96. The summed E-state index contributed by atoms with van der Waals surface area (Å²) in [5.41, 5.74) is 1.32. The molecule has 0 atom stereocenters. The van der Waals surface area contributed by atoms with Crippen molar-refractivity contribution in [3.05, 3.63) is 36.1 Å². The zero-order chi connectivity index (χ0) is 10.5. The molecule has 0 radical (unpaired) electrons. The zero-order valence-corrected chi connectivity index (χ0v) is 9.16. The Balaban J connectivity index is 1.90. The average molecular weight is 201 g/mol. The van der Waals surface area contributed by atoms with Crippen LogP contribution in [0.2, 0.25) is 0 Å². The third kappa shape index (κ3) is 1.65. The summed E-state index contributed by atoms with van der Waals surface area (Å²) < 4.78 is 5.75. The minimum Gasteiger partial charge on any atom is -0.440 e. The van der Waals surface area contributed by atoms with Gasteiger partial charge in [-0.1, -0.05) is 32.1 Å². The minimum atomic E-state index is 0.155. The molecule has 1 fully saturated rings. The van der Waals surface area contributed by atoms with E-state index in [2.05, 4.69) is 37.1 Å². The molecule has 2 aliphatic carbocycles. The molecule has 1 aromatic rings. The fourth-order valence-electron chi connectivity index (χ4n) is 1.89. The van der Waals surface area contributed by atoms with Gasteiger partial charge in [0.25, 0.3) is 0 Å². The van der Waals surface area contributed by atoms with Crippen molar-refractivity contribution in [1.29, 1.82) is 0 Å². The minimum absolute atomic E-state index is 0.155. The summed E-state index contributed by atoms with van der Waals surface area (Å²) in [6, 6.07) is 0. The predicted octanol–water partition coefficient (Wildman–Crippen LogP) is 3.53. The van der Waals surface area contributed by atoms with Gasteiger partial charge in [0.1, 0.15) is 0 Å². The van der Waals surface area contributed by atoms with E-state index >= 15 is 0 Å². The number of aromatic nitrogens is 1. The van der Waals surface area contributed by atoms with Crippen LogP contribution in [-0.4, -0.2) is 4.98 Å². The van der Waals surface area contributed by atoms with Gasteiger partial charge >= 0.3 is 0 Å². The van der Waals surface area contributed by atoms with Gasteiger partial charge < -0.3 is 4.42 Å². The molecule has 0 unspecified atom stereocenters. The SMILES string of the molecule is CC1(C)C=CC(c2cnc(C3CC3)o2)=C1. The van der Waals surface area contributed by atoms with Crippen LogP contribution in [-0.2, 0) is 0 Å². The summed E-state index contributed by atoms with van der Waals surface area (Å²) in [6.07, 6.45) is 10.9. The molecule has 0 bridgehead atoms. The number of oxazole rings is 1. The Hall–Kier alpha value is -1.31. The van der Waals surface area contributed by atoms with Crippen LogP contribution >= 0.6 is 0 Å². The van der Waals surface area contributed by atoms with Crippen molar-refractivity contribution in [2.45, 2.75) is 32.6 Å². The summed E-state index contributed by atoms with van der Waals surface area (Å²) >= 11 is 0. The fourth-order valence-corrected chi connectivity index (χ4v) is 1.89. The zero-order valence-electron chi connectivity index (χ0n) is 9.16. The van der Waals surface area contributed by atoms with Crippen molar-refractivity contribution in [2.24, 2.45) is 5.41 Å². The molecule has 3 rings (SSSR count). The number of hydrogen-bond acceptors (Lipinski definition) is 2. The Labute approximate surface area is 89.7 Å². The van der Waals surface area contributed by atoms with Gasteiger partial charge in [0.15, 0.2) is 11.7 Å². The molecule has 15 heavy (non-hydrogen) atoms. The second-order valence-electron chi connectivity index (χ2n) is 5.09. The first-order valence-corrected chi connectivity index (χ1v) is 5.52. The number of allylic oxidation sites excluding steroid dienone is 4. The second-order valence-corrected chi connectivity index (χ2v) is 5.09. The highest BCUT2D eigenvalue weighted by atomic mass is 16.4. The number of rotatable bonds is 2. The first-order chi connectivity index (χ1) is 7.14.